The van der Waals surface area contributed by atoms with E-state index in [0.717, 1.165) is 26.1 Å². The second-order valence-corrected chi connectivity index (χ2v) is 5.29. The number of nitrogen functional groups attached to an aromatic ring is 1. The lowest BCUT2D eigenvalue weighted by molar-refractivity contribution is 0.337. The van der Waals surface area contributed by atoms with Crippen molar-refractivity contribution in [2.75, 3.05) is 37.3 Å². The Morgan fingerprint density at radius 1 is 1.19 bits per heavy atom. The van der Waals surface area contributed by atoms with Crippen LogP contribution in [0, 0.1) is 0 Å². The Labute approximate surface area is 122 Å². The van der Waals surface area contributed by atoms with Crippen molar-refractivity contribution in [3.63, 3.8) is 0 Å². The molecule has 9 heteroatoms. The van der Waals surface area contributed by atoms with E-state index in [2.05, 4.69) is 48.8 Å². The first-order valence-electron chi connectivity index (χ1n) is 6.95. The minimum absolute atomic E-state index is 0.190. The number of hydrogen-bond donors (Lipinski definition) is 1. The molecule has 1 fully saturated rings. The summed E-state index contributed by atoms with van der Waals surface area (Å²) in [4.78, 5) is 21.3. The molecular formula is C12H19N9. The van der Waals surface area contributed by atoms with E-state index in [1.807, 2.05) is 0 Å². The van der Waals surface area contributed by atoms with Gasteiger partial charge in [-0.15, -0.1) is 0 Å². The lowest BCUT2D eigenvalue weighted by Crippen LogP contribution is -2.39. The summed E-state index contributed by atoms with van der Waals surface area (Å²) in [6.07, 6.45) is 4.03. The predicted octanol–water partition coefficient (Wildman–Crippen LogP) is -0.435. The molecule has 21 heavy (non-hydrogen) atoms. The molecule has 3 heterocycles. The number of nitrogens with zero attached hydrogens (tertiary/aromatic N) is 8. The summed E-state index contributed by atoms with van der Waals surface area (Å²) in [5.41, 5.74) is 5.82. The second kappa shape index (κ2) is 5.60. The normalized spacial score (nSPS) is 20.5. The summed E-state index contributed by atoms with van der Waals surface area (Å²) in [5.74, 6) is 1.17. The lowest BCUT2D eigenvalue weighted by atomic mass is 10.3. The van der Waals surface area contributed by atoms with Crippen LogP contribution < -0.4 is 10.6 Å². The molecule has 1 aliphatic rings. The molecule has 1 unspecified atom stereocenters. The molecule has 3 rings (SSSR count). The minimum Gasteiger partial charge on any atom is -0.368 e. The van der Waals surface area contributed by atoms with E-state index in [1.165, 1.54) is 17.3 Å². The first-order valence-corrected chi connectivity index (χ1v) is 6.95. The van der Waals surface area contributed by atoms with Crippen molar-refractivity contribution in [3.05, 3.63) is 12.7 Å². The van der Waals surface area contributed by atoms with Gasteiger partial charge in [-0.3, -0.25) is 0 Å². The minimum atomic E-state index is 0.190. The molecular weight excluding hydrogens is 270 g/mol. The Balaban J connectivity index is 1.94. The van der Waals surface area contributed by atoms with Gasteiger partial charge in [-0.05, 0) is 26.9 Å². The average Bonchev–Trinajstić information content (AvgIpc) is 2.91. The maximum Gasteiger partial charge on any atom is 0.258 e. The van der Waals surface area contributed by atoms with Crippen molar-refractivity contribution in [2.24, 2.45) is 0 Å². The summed E-state index contributed by atoms with van der Waals surface area (Å²) in [5, 5.41) is 4.03. The van der Waals surface area contributed by atoms with Crippen molar-refractivity contribution in [1.29, 1.82) is 0 Å². The van der Waals surface area contributed by atoms with Gasteiger partial charge in [0.15, 0.2) is 0 Å². The zero-order valence-electron chi connectivity index (χ0n) is 12.2. The van der Waals surface area contributed by atoms with Crippen molar-refractivity contribution >= 4 is 11.9 Å². The van der Waals surface area contributed by atoms with Crippen LogP contribution >= 0.6 is 0 Å². The number of nitrogens with two attached hydrogens (primary N) is 1. The van der Waals surface area contributed by atoms with E-state index >= 15 is 0 Å². The van der Waals surface area contributed by atoms with Crippen LogP contribution in [0.25, 0.3) is 5.95 Å². The van der Waals surface area contributed by atoms with Gasteiger partial charge in [-0.1, -0.05) is 0 Å². The Morgan fingerprint density at radius 2 is 2.00 bits per heavy atom. The van der Waals surface area contributed by atoms with E-state index in [1.54, 1.807) is 0 Å². The molecule has 0 saturated carbocycles. The monoisotopic (exact) mass is 289 g/mol. The van der Waals surface area contributed by atoms with Crippen LogP contribution in [0.3, 0.4) is 0 Å². The van der Waals surface area contributed by atoms with E-state index < -0.39 is 0 Å². The third-order valence-corrected chi connectivity index (χ3v) is 3.56. The average molecular weight is 289 g/mol. The summed E-state index contributed by atoms with van der Waals surface area (Å²) in [6.45, 7) is 5.09. The SMILES string of the molecule is CC1CN(C)CCCN1c1nc(N)nc(-n2cncn2)n1. The molecule has 2 aromatic rings. The molecule has 1 aliphatic heterocycles. The number of rotatable bonds is 2. The van der Waals surface area contributed by atoms with Gasteiger partial charge in [-0.2, -0.15) is 24.7 Å². The molecule has 0 spiro atoms. The van der Waals surface area contributed by atoms with Crippen molar-refractivity contribution < 1.29 is 0 Å². The van der Waals surface area contributed by atoms with E-state index in [0.29, 0.717) is 17.9 Å². The van der Waals surface area contributed by atoms with Crippen molar-refractivity contribution in [2.45, 2.75) is 19.4 Å². The zero-order valence-corrected chi connectivity index (χ0v) is 12.2. The summed E-state index contributed by atoms with van der Waals surface area (Å²) >= 11 is 0. The molecule has 2 aromatic heterocycles. The standard InChI is InChI=1S/C12H19N9/c1-9-6-19(2)4-3-5-20(9)11-16-10(13)17-12(18-11)21-8-14-7-15-21/h7-9H,3-6H2,1-2H3,(H2,13,16,17,18). The third kappa shape index (κ3) is 2.92. The highest BCUT2D eigenvalue weighted by Crippen LogP contribution is 2.17. The molecule has 0 radical (unpaired) electrons. The zero-order chi connectivity index (χ0) is 14.8. The molecule has 0 aromatic carbocycles. The molecule has 2 N–H and O–H groups in total. The van der Waals surface area contributed by atoms with Crippen LogP contribution in [0.15, 0.2) is 12.7 Å². The van der Waals surface area contributed by atoms with E-state index in [9.17, 15) is 0 Å². The Hall–Kier alpha value is -2.29. The van der Waals surface area contributed by atoms with Crippen LogP contribution in [0.2, 0.25) is 0 Å². The highest BCUT2D eigenvalue weighted by atomic mass is 15.4. The largest absolute Gasteiger partial charge is 0.368 e. The van der Waals surface area contributed by atoms with Crippen molar-refractivity contribution in [3.8, 4) is 5.95 Å². The molecule has 0 aliphatic carbocycles. The number of hydrogen-bond acceptors (Lipinski definition) is 8. The topological polar surface area (TPSA) is 102 Å². The second-order valence-electron chi connectivity index (χ2n) is 5.29. The molecule has 9 nitrogen and oxygen atoms in total. The van der Waals surface area contributed by atoms with E-state index in [4.69, 9.17) is 5.73 Å². The first-order chi connectivity index (χ1) is 10.1. The molecule has 1 saturated heterocycles. The molecule has 1 atom stereocenters. The van der Waals surface area contributed by atoms with Gasteiger partial charge in [0, 0.05) is 19.1 Å². The van der Waals surface area contributed by atoms with Gasteiger partial charge >= 0.3 is 0 Å². The maximum absolute atomic E-state index is 5.82. The quantitative estimate of drug-likeness (QED) is 0.794. The van der Waals surface area contributed by atoms with Gasteiger partial charge in [-0.25, -0.2) is 4.98 Å². The van der Waals surface area contributed by atoms with Crippen LogP contribution in [0.4, 0.5) is 11.9 Å². The van der Waals surface area contributed by atoms with E-state index in [-0.39, 0.29) is 5.95 Å². The van der Waals surface area contributed by atoms with Crippen LogP contribution in [0.5, 0.6) is 0 Å². The Bertz CT molecular complexity index is 597. The van der Waals surface area contributed by atoms with Crippen LogP contribution in [-0.2, 0) is 0 Å². The Kier molecular flexibility index (Phi) is 3.65. The molecule has 112 valence electrons. The lowest BCUT2D eigenvalue weighted by Gasteiger charge is -2.28. The first kappa shape index (κ1) is 13.7. The molecule has 0 amide bonds. The van der Waals surface area contributed by atoms with Gasteiger partial charge in [0.05, 0.1) is 0 Å². The fourth-order valence-corrected chi connectivity index (χ4v) is 2.58. The highest BCUT2D eigenvalue weighted by Gasteiger charge is 2.23. The maximum atomic E-state index is 5.82. The summed E-state index contributed by atoms with van der Waals surface area (Å²) in [7, 11) is 2.13. The highest BCUT2D eigenvalue weighted by molar-refractivity contribution is 5.38. The van der Waals surface area contributed by atoms with Crippen molar-refractivity contribution in [1.82, 2.24) is 34.6 Å². The Morgan fingerprint density at radius 3 is 2.76 bits per heavy atom. The third-order valence-electron chi connectivity index (χ3n) is 3.56. The number of anilines is 2. The van der Waals surface area contributed by atoms with Gasteiger partial charge in [0.2, 0.25) is 11.9 Å². The van der Waals surface area contributed by atoms with Crippen LogP contribution in [-0.4, -0.2) is 67.3 Å². The van der Waals surface area contributed by atoms with Gasteiger partial charge in [0.25, 0.3) is 5.95 Å². The number of likely N-dealkylation sites (N-methyl/N-ethyl adjacent to an activating group) is 1. The van der Waals surface area contributed by atoms with Crippen LogP contribution in [0.1, 0.15) is 13.3 Å². The fourth-order valence-electron chi connectivity index (χ4n) is 2.58. The summed E-state index contributed by atoms with van der Waals surface area (Å²) < 4.78 is 1.48. The summed E-state index contributed by atoms with van der Waals surface area (Å²) in [6, 6.07) is 0.308. The fraction of sp³-hybridized carbons (Fsp3) is 0.583. The number of aromatic nitrogens is 6. The van der Waals surface area contributed by atoms with Gasteiger partial charge in [0.1, 0.15) is 12.7 Å². The predicted molar refractivity (Wildman–Crippen MR) is 78.1 cm³/mol. The molecule has 0 bridgehead atoms. The van der Waals surface area contributed by atoms with Gasteiger partial charge < -0.3 is 15.5 Å². The smallest absolute Gasteiger partial charge is 0.258 e.